The third-order valence-corrected chi connectivity index (χ3v) is 2.74. The van der Waals surface area contributed by atoms with Gasteiger partial charge in [-0.15, -0.1) is 0 Å². The van der Waals surface area contributed by atoms with E-state index in [2.05, 4.69) is 0 Å². The molecule has 0 saturated carbocycles. The van der Waals surface area contributed by atoms with Crippen molar-refractivity contribution >= 4 is 17.5 Å². The van der Waals surface area contributed by atoms with Crippen molar-refractivity contribution in [3.8, 4) is 5.75 Å². The first-order valence-corrected chi connectivity index (χ1v) is 5.09. The molecule has 1 aliphatic heterocycles. The smallest absolute Gasteiger partial charge is 0.264 e. The molecule has 0 aromatic heterocycles. The van der Waals surface area contributed by atoms with Crippen LogP contribution in [-0.4, -0.2) is 25.5 Å². The maximum Gasteiger partial charge on any atom is 0.264 e. The van der Waals surface area contributed by atoms with Crippen LogP contribution in [0.3, 0.4) is 0 Å². The zero-order valence-electron chi connectivity index (χ0n) is 9.34. The Morgan fingerprint density at radius 1 is 1.53 bits per heavy atom. The van der Waals surface area contributed by atoms with Crippen LogP contribution in [0.2, 0.25) is 0 Å². The summed E-state index contributed by atoms with van der Waals surface area (Å²) in [6.07, 6.45) is 0. The monoisotopic (exact) mass is 235 g/mol. The Morgan fingerprint density at radius 2 is 2.24 bits per heavy atom. The molecule has 90 valence electrons. The van der Waals surface area contributed by atoms with E-state index in [4.69, 9.17) is 16.2 Å². The minimum Gasteiger partial charge on any atom is -0.482 e. The van der Waals surface area contributed by atoms with Gasteiger partial charge in [-0.3, -0.25) is 9.59 Å². The Kier molecular flexibility index (Phi) is 2.72. The lowest BCUT2D eigenvalue weighted by atomic mass is 10.1. The molecule has 1 atom stereocenters. The van der Waals surface area contributed by atoms with E-state index in [0.717, 1.165) is 0 Å². The molecule has 0 aliphatic carbocycles. The van der Waals surface area contributed by atoms with Crippen molar-refractivity contribution in [1.29, 1.82) is 0 Å². The molecule has 1 aromatic rings. The molecule has 6 heteroatoms. The van der Waals surface area contributed by atoms with Crippen LogP contribution in [0, 0.1) is 0 Å². The Bertz CT molecular complexity index is 487. The Labute approximate surface area is 98.1 Å². The van der Waals surface area contributed by atoms with Crippen molar-refractivity contribution in [2.75, 3.05) is 18.6 Å². The number of nitrogens with zero attached hydrogens (tertiary/aromatic N) is 1. The van der Waals surface area contributed by atoms with E-state index in [-0.39, 0.29) is 12.5 Å². The number of nitrogens with two attached hydrogens (primary N) is 2. The third kappa shape index (κ3) is 1.94. The second-order valence-corrected chi connectivity index (χ2v) is 3.85. The minimum atomic E-state index is -0.884. The average Bonchev–Trinajstić information content (AvgIpc) is 2.32. The molecule has 6 nitrogen and oxygen atoms in total. The number of carbonyl (C=O) groups is 2. The highest BCUT2D eigenvalue weighted by molar-refractivity contribution is 5.97. The fourth-order valence-electron chi connectivity index (χ4n) is 1.65. The summed E-state index contributed by atoms with van der Waals surface area (Å²) >= 11 is 0. The molecule has 2 rings (SSSR count). The summed E-state index contributed by atoms with van der Waals surface area (Å²) in [5.74, 6) is -0.175. The molecule has 1 aliphatic rings. The molecule has 0 spiro atoms. The molecule has 0 saturated heterocycles. The summed E-state index contributed by atoms with van der Waals surface area (Å²) in [7, 11) is 1.64. The van der Waals surface area contributed by atoms with Crippen LogP contribution in [0.15, 0.2) is 18.2 Å². The number of ether oxygens (including phenoxy) is 1. The third-order valence-electron chi connectivity index (χ3n) is 2.74. The standard InChI is InChI=1S/C11H13N3O3/c1-14-7-4-6(10(12)11(13)16)2-3-8(7)17-5-9(14)15/h2-4,10H,5,12H2,1H3,(H2,13,16). The number of hydrogen-bond acceptors (Lipinski definition) is 4. The molecule has 0 radical (unpaired) electrons. The number of anilines is 1. The van der Waals surface area contributed by atoms with Gasteiger partial charge in [-0.1, -0.05) is 6.07 Å². The predicted molar refractivity (Wildman–Crippen MR) is 61.5 cm³/mol. The second-order valence-electron chi connectivity index (χ2n) is 3.85. The van der Waals surface area contributed by atoms with Crippen molar-refractivity contribution < 1.29 is 14.3 Å². The van der Waals surface area contributed by atoms with Crippen molar-refractivity contribution in [2.24, 2.45) is 11.5 Å². The van der Waals surface area contributed by atoms with Crippen LogP contribution in [0.1, 0.15) is 11.6 Å². The maximum atomic E-state index is 11.4. The van der Waals surface area contributed by atoms with E-state index in [1.807, 2.05) is 0 Å². The molecule has 0 bridgehead atoms. The van der Waals surface area contributed by atoms with Crippen LogP contribution in [0.5, 0.6) is 5.75 Å². The Balaban J connectivity index is 2.42. The predicted octanol–water partition coefficient (Wildman–Crippen LogP) is -0.473. The van der Waals surface area contributed by atoms with Crippen LogP contribution in [-0.2, 0) is 9.59 Å². The van der Waals surface area contributed by atoms with E-state index in [1.54, 1.807) is 25.2 Å². The van der Waals surface area contributed by atoms with Gasteiger partial charge in [0.05, 0.1) is 5.69 Å². The van der Waals surface area contributed by atoms with Gasteiger partial charge in [0.2, 0.25) is 5.91 Å². The molecule has 0 fully saturated rings. The molecule has 1 unspecified atom stereocenters. The lowest BCUT2D eigenvalue weighted by Crippen LogP contribution is -2.36. The van der Waals surface area contributed by atoms with Gasteiger partial charge in [0.15, 0.2) is 6.61 Å². The highest BCUT2D eigenvalue weighted by Gasteiger charge is 2.24. The topological polar surface area (TPSA) is 98.7 Å². The molecular weight excluding hydrogens is 222 g/mol. The Morgan fingerprint density at radius 3 is 2.88 bits per heavy atom. The van der Waals surface area contributed by atoms with Gasteiger partial charge in [-0.2, -0.15) is 0 Å². The van der Waals surface area contributed by atoms with Crippen LogP contribution >= 0.6 is 0 Å². The number of likely N-dealkylation sites (N-methyl/N-ethyl adjacent to an activating group) is 1. The fraction of sp³-hybridized carbons (Fsp3) is 0.273. The normalized spacial score (nSPS) is 16.1. The number of amides is 2. The van der Waals surface area contributed by atoms with E-state index in [1.165, 1.54) is 4.90 Å². The van der Waals surface area contributed by atoms with Gasteiger partial charge in [0, 0.05) is 7.05 Å². The number of primary amides is 1. The first-order valence-electron chi connectivity index (χ1n) is 5.09. The van der Waals surface area contributed by atoms with E-state index >= 15 is 0 Å². The van der Waals surface area contributed by atoms with Gasteiger partial charge < -0.3 is 21.1 Å². The minimum absolute atomic E-state index is 0.0186. The molecule has 17 heavy (non-hydrogen) atoms. The van der Waals surface area contributed by atoms with Gasteiger partial charge in [-0.25, -0.2) is 0 Å². The number of hydrogen-bond donors (Lipinski definition) is 2. The highest BCUT2D eigenvalue weighted by Crippen LogP contribution is 2.33. The first kappa shape index (κ1) is 11.4. The zero-order chi connectivity index (χ0) is 12.6. The largest absolute Gasteiger partial charge is 0.482 e. The van der Waals surface area contributed by atoms with Crippen molar-refractivity contribution in [3.63, 3.8) is 0 Å². The molecule has 1 heterocycles. The molecule has 4 N–H and O–H groups in total. The SMILES string of the molecule is CN1C(=O)COc2ccc(C(N)C(N)=O)cc21. The van der Waals surface area contributed by atoms with Crippen molar-refractivity contribution in [3.05, 3.63) is 23.8 Å². The van der Waals surface area contributed by atoms with Crippen LogP contribution < -0.4 is 21.1 Å². The van der Waals surface area contributed by atoms with Crippen molar-refractivity contribution in [1.82, 2.24) is 0 Å². The summed E-state index contributed by atoms with van der Waals surface area (Å²) in [4.78, 5) is 23.9. The summed E-state index contributed by atoms with van der Waals surface area (Å²) < 4.78 is 5.25. The number of benzene rings is 1. The van der Waals surface area contributed by atoms with Crippen LogP contribution in [0.25, 0.3) is 0 Å². The fourth-order valence-corrected chi connectivity index (χ4v) is 1.65. The Hall–Kier alpha value is -2.08. The number of carbonyl (C=O) groups excluding carboxylic acids is 2. The number of fused-ring (bicyclic) bond motifs is 1. The molecule has 2 amide bonds. The first-order chi connectivity index (χ1) is 8.00. The summed E-state index contributed by atoms with van der Waals surface area (Å²) in [6.45, 7) is 0.0186. The van der Waals surface area contributed by atoms with Crippen LogP contribution in [0.4, 0.5) is 5.69 Å². The summed E-state index contributed by atoms with van der Waals surface area (Å²) in [5, 5.41) is 0. The van der Waals surface area contributed by atoms with E-state index in [9.17, 15) is 9.59 Å². The lowest BCUT2D eigenvalue weighted by Gasteiger charge is -2.26. The van der Waals surface area contributed by atoms with E-state index < -0.39 is 11.9 Å². The van der Waals surface area contributed by atoms with Gasteiger partial charge in [-0.05, 0) is 17.7 Å². The summed E-state index contributed by atoms with van der Waals surface area (Å²) in [5.41, 5.74) is 11.9. The van der Waals surface area contributed by atoms with Crippen molar-refractivity contribution in [2.45, 2.75) is 6.04 Å². The quantitative estimate of drug-likeness (QED) is 0.723. The second kappa shape index (κ2) is 4.06. The average molecular weight is 235 g/mol. The maximum absolute atomic E-state index is 11.4. The molecule has 1 aromatic carbocycles. The van der Waals surface area contributed by atoms with Gasteiger partial charge >= 0.3 is 0 Å². The summed E-state index contributed by atoms with van der Waals surface area (Å²) in [6, 6.07) is 4.10. The van der Waals surface area contributed by atoms with E-state index in [0.29, 0.717) is 17.0 Å². The molecular formula is C11H13N3O3. The number of rotatable bonds is 2. The lowest BCUT2D eigenvalue weighted by molar-refractivity contribution is -0.121. The van der Waals surface area contributed by atoms with Gasteiger partial charge in [0.25, 0.3) is 5.91 Å². The zero-order valence-corrected chi connectivity index (χ0v) is 9.34. The highest BCUT2D eigenvalue weighted by atomic mass is 16.5. The van der Waals surface area contributed by atoms with Gasteiger partial charge in [0.1, 0.15) is 11.8 Å².